The number of ether oxygens (including phenoxy) is 2. The summed E-state index contributed by atoms with van der Waals surface area (Å²) in [6, 6.07) is 15.0. The Kier molecular flexibility index (Phi) is 7.17. The first-order chi connectivity index (χ1) is 14.7. The number of benzene rings is 2. The largest absolute Gasteiger partial charge is 0.484 e. The summed E-state index contributed by atoms with van der Waals surface area (Å²) in [5, 5.41) is 1.34. The van der Waals surface area contributed by atoms with E-state index in [1.54, 1.807) is 4.90 Å². The van der Waals surface area contributed by atoms with E-state index in [0.717, 1.165) is 49.5 Å². The van der Waals surface area contributed by atoms with E-state index in [-0.39, 0.29) is 12.5 Å². The van der Waals surface area contributed by atoms with E-state index in [1.165, 1.54) is 11.3 Å². The molecule has 8 heteroatoms. The number of aromatic nitrogens is 1. The quantitative estimate of drug-likeness (QED) is 0.522. The predicted octanol–water partition coefficient (Wildman–Crippen LogP) is 4.08. The number of hydrogen-bond acceptors (Lipinski definition) is 6. The van der Waals surface area contributed by atoms with Gasteiger partial charge in [0.25, 0.3) is 5.91 Å². The van der Waals surface area contributed by atoms with E-state index in [1.807, 2.05) is 48.5 Å². The second-order valence-corrected chi connectivity index (χ2v) is 8.51. The molecule has 1 saturated heterocycles. The fourth-order valence-corrected chi connectivity index (χ4v) is 4.63. The molecule has 0 unspecified atom stereocenters. The summed E-state index contributed by atoms with van der Waals surface area (Å²) < 4.78 is 12.1. The summed E-state index contributed by atoms with van der Waals surface area (Å²) in [6.07, 6.45) is 0.855. The number of thiazole rings is 1. The lowest BCUT2D eigenvalue weighted by atomic mass is 10.3. The molecule has 6 nitrogen and oxygen atoms in total. The highest BCUT2D eigenvalue weighted by molar-refractivity contribution is 7.22. The molecule has 0 spiro atoms. The van der Waals surface area contributed by atoms with Crippen molar-refractivity contribution in [3.05, 3.63) is 53.6 Å². The lowest BCUT2D eigenvalue weighted by Gasteiger charge is -2.27. The lowest BCUT2D eigenvalue weighted by Crippen LogP contribution is -2.40. The van der Waals surface area contributed by atoms with Crippen LogP contribution in [-0.2, 0) is 9.53 Å². The summed E-state index contributed by atoms with van der Waals surface area (Å²) in [4.78, 5) is 21.8. The molecule has 0 saturated carbocycles. The van der Waals surface area contributed by atoms with Gasteiger partial charge in [-0.15, -0.1) is 0 Å². The van der Waals surface area contributed by atoms with Crippen LogP contribution in [-0.4, -0.2) is 61.8 Å². The minimum absolute atomic E-state index is 0.0295. The van der Waals surface area contributed by atoms with E-state index < -0.39 is 0 Å². The Hall–Kier alpha value is -2.19. The van der Waals surface area contributed by atoms with Gasteiger partial charge in [-0.1, -0.05) is 41.1 Å². The van der Waals surface area contributed by atoms with Gasteiger partial charge in [-0.3, -0.25) is 14.6 Å². The predicted molar refractivity (Wildman–Crippen MR) is 121 cm³/mol. The van der Waals surface area contributed by atoms with Crippen molar-refractivity contribution in [2.75, 3.05) is 50.9 Å². The summed E-state index contributed by atoms with van der Waals surface area (Å²) in [5.74, 6) is 0.571. The number of morpholine rings is 1. The fraction of sp³-hybridized carbons (Fsp3) is 0.364. The molecule has 0 N–H and O–H groups in total. The van der Waals surface area contributed by atoms with Crippen molar-refractivity contribution in [3.63, 3.8) is 0 Å². The maximum Gasteiger partial charge on any atom is 0.266 e. The Morgan fingerprint density at radius 2 is 2.00 bits per heavy atom. The molecule has 1 aliphatic rings. The molecular weight excluding hydrogens is 422 g/mol. The van der Waals surface area contributed by atoms with E-state index >= 15 is 0 Å². The molecule has 0 radical (unpaired) electrons. The van der Waals surface area contributed by atoms with Gasteiger partial charge in [0.1, 0.15) is 5.75 Å². The Morgan fingerprint density at radius 1 is 1.20 bits per heavy atom. The SMILES string of the molecule is O=C(COc1ccccc1)N(CCCN1CCOCC1)c1nc2ccc(Cl)cc2s1. The maximum atomic E-state index is 13.1. The van der Waals surface area contributed by atoms with Gasteiger partial charge in [0.2, 0.25) is 0 Å². The van der Waals surface area contributed by atoms with Crippen molar-refractivity contribution in [2.24, 2.45) is 0 Å². The third-order valence-corrected chi connectivity index (χ3v) is 6.21. The van der Waals surface area contributed by atoms with Gasteiger partial charge < -0.3 is 9.47 Å². The van der Waals surface area contributed by atoms with Crippen LogP contribution in [0.5, 0.6) is 5.75 Å². The topological polar surface area (TPSA) is 54.9 Å². The molecule has 3 aromatic rings. The number of halogens is 1. The smallest absolute Gasteiger partial charge is 0.266 e. The van der Waals surface area contributed by atoms with Crippen LogP contribution in [0, 0.1) is 0 Å². The van der Waals surface area contributed by atoms with Gasteiger partial charge in [-0.05, 0) is 36.8 Å². The van der Waals surface area contributed by atoms with E-state index in [2.05, 4.69) is 9.88 Å². The van der Waals surface area contributed by atoms with Crippen LogP contribution in [0.2, 0.25) is 5.02 Å². The van der Waals surface area contributed by atoms with Crippen LogP contribution in [0.1, 0.15) is 6.42 Å². The number of carbonyl (C=O) groups is 1. The fourth-order valence-electron chi connectivity index (χ4n) is 3.35. The van der Waals surface area contributed by atoms with Gasteiger partial charge in [0.05, 0.1) is 23.4 Å². The zero-order valence-corrected chi connectivity index (χ0v) is 18.2. The molecule has 0 aliphatic carbocycles. The molecule has 158 valence electrons. The highest BCUT2D eigenvalue weighted by atomic mass is 35.5. The van der Waals surface area contributed by atoms with Crippen LogP contribution < -0.4 is 9.64 Å². The maximum absolute atomic E-state index is 13.1. The number of amides is 1. The number of para-hydroxylation sites is 1. The number of hydrogen-bond donors (Lipinski definition) is 0. The van der Waals surface area contributed by atoms with Crippen LogP contribution in [0.25, 0.3) is 10.2 Å². The highest BCUT2D eigenvalue weighted by Crippen LogP contribution is 2.31. The molecule has 1 fully saturated rings. The van der Waals surface area contributed by atoms with Crippen molar-refractivity contribution >= 4 is 44.2 Å². The second-order valence-electron chi connectivity index (χ2n) is 7.06. The minimum atomic E-state index is -0.106. The van der Waals surface area contributed by atoms with Crippen molar-refractivity contribution in [1.29, 1.82) is 0 Å². The molecule has 0 bridgehead atoms. The third-order valence-electron chi connectivity index (χ3n) is 4.94. The lowest BCUT2D eigenvalue weighted by molar-refractivity contribution is -0.120. The molecule has 1 amide bonds. The zero-order chi connectivity index (χ0) is 20.8. The average molecular weight is 446 g/mol. The molecule has 1 aromatic heterocycles. The van der Waals surface area contributed by atoms with Gasteiger partial charge in [-0.25, -0.2) is 4.98 Å². The van der Waals surface area contributed by atoms with E-state index in [0.29, 0.717) is 22.4 Å². The second kappa shape index (κ2) is 10.2. The normalized spacial score (nSPS) is 14.7. The molecule has 4 rings (SSSR count). The minimum Gasteiger partial charge on any atom is -0.484 e. The Bertz CT molecular complexity index is 976. The van der Waals surface area contributed by atoms with Gasteiger partial charge in [0, 0.05) is 31.2 Å². The van der Waals surface area contributed by atoms with E-state index in [4.69, 9.17) is 21.1 Å². The summed E-state index contributed by atoms with van der Waals surface area (Å²) in [5.41, 5.74) is 0.842. The average Bonchev–Trinajstić information content (AvgIpc) is 3.19. The summed E-state index contributed by atoms with van der Waals surface area (Å²) in [6.45, 7) is 4.89. The van der Waals surface area contributed by atoms with Crippen molar-refractivity contribution in [3.8, 4) is 5.75 Å². The van der Waals surface area contributed by atoms with Gasteiger partial charge in [-0.2, -0.15) is 0 Å². The van der Waals surface area contributed by atoms with Gasteiger partial charge in [0.15, 0.2) is 11.7 Å². The van der Waals surface area contributed by atoms with Crippen LogP contribution in [0.3, 0.4) is 0 Å². The number of carbonyl (C=O) groups excluding carboxylic acids is 1. The molecule has 30 heavy (non-hydrogen) atoms. The highest BCUT2D eigenvalue weighted by Gasteiger charge is 2.21. The third kappa shape index (κ3) is 5.49. The molecular formula is C22H24ClN3O3S. The number of nitrogens with zero attached hydrogens (tertiary/aromatic N) is 3. The Balaban J connectivity index is 1.46. The Morgan fingerprint density at radius 3 is 2.80 bits per heavy atom. The van der Waals surface area contributed by atoms with Crippen LogP contribution in [0.15, 0.2) is 48.5 Å². The van der Waals surface area contributed by atoms with Gasteiger partial charge >= 0.3 is 0 Å². The molecule has 2 aromatic carbocycles. The first-order valence-electron chi connectivity index (χ1n) is 10.0. The number of fused-ring (bicyclic) bond motifs is 1. The van der Waals surface area contributed by atoms with Crippen molar-refractivity contribution < 1.29 is 14.3 Å². The van der Waals surface area contributed by atoms with Crippen LogP contribution >= 0.6 is 22.9 Å². The zero-order valence-electron chi connectivity index (χ0n) is 16.6. The van der Waals surface area contributed by atoms with Crippen LogP contribution in [0.4, 0.5) is 5.13 Å². The number of anilines is 1. The van der Waals surface area contributed by atoms with E-state index in [9.17, 15) is 4.79 Å². The molecule has 1 aliphatic heterocycles. The van der Waals surface area contributed by atoms with Crippen molar-refractivity contribution in [1.82, 2.24) is 9.88 Å². The first-order valence-corrected chi connectivity index (χ1v) is 11.2. The molecule has 0 atom stereocenters. The monoisotopic (exact) mass is 445 g/mol. The summed E-state index contributed by atoms with van der Waals surface area (Å²) >= 11 is 7.60. The summed E-state index contributed by atoms with van der Waals surface area (Å²) in [7, 11) is 0. The standard InChI is InChI=1S/C22H24ClN3O3S/c23-17-7-8-19-20(15-17)30-22(24-19)26(10-4-9-25-11-13-28-14-12-25)21(27)16-29-18-5-2-1-3-6-18/h1-3,5-8,15H,4,9-14,16H2. The first kappa shape index (κ1) is 21.1. The van der Waals surface area contributed by atoms with Crippen molar-refractivity contribution in [2.45, 2.75) is 6.42 Å². The number of rotatable bonds is 8. The Labute approximate surface area is 185 Å². The molecule has 2 heterocycles.